The van der Waals surface area contributed by atoms with Gasteiger partial charge in [-0.15, -0.1) is 0 Å². The average molecular weight is 489 g/mol. The van der Waals surface area contributed by atoms with E-state index in [0.29, 0.717) is 35.7 Å². The second-order valence-electron chi connectivity index (χ2n) is 7.55. The monoisotopic (exact) mass is 488 g/mol. The summed E-state index contributed by atoms with van der Waals surface area (Å²) in [5, 5.41) is 3.93. The van der Waals surface area contributed by atoms with Crippen LogP contribution < -0.4 is 9.47 Å². The van der Waals surface area contributed by atoms with Gasteiger partial charge in [0.25, 0.3) is 5.89 Å². The van der Waals surface area contributed by atoms with Gasteiger partial charge in [-0.2, -0.15) is 9.29 Å². The maximum atomic E-state index is 12.7. The van der Waals surface area contributed by atoms with Crippen molar-refractivity contribution >= 4 is 16.0 Å². The van der Waals surface area contributed by atoms with E-state index in [2.05, 4.69) is 15.1 Å². The van der Waals surface area contributed by atoms with Crippen molar-refractivity contribution in [3.63, 3.8) is 0 Å². The third-order valence-electron chi connectivity index (χ3n) is 5.52. The Morgan fingerprint density at radius 2 is 1.97 bits per heavy atom. The van der Waals surface area contributed by atoms with Crippen LogP contribution in [0.5, 0.6) is 11.5 Å². The molecule has 0 aliphatic carbocycles. The Balaban J connectivity index is 1.32. The smallest absolute Gasteiger partial charge is 0.309 e. The second-order valence-corrected chi connectivity index (χ2v) is 9.49. The van der Waals surface area contributed by atoms with Crippen molar-refractivity contribution in [2.75, 3.05) is 27.3 Å². The molecular formula is C22H24N4O7S. The fourth-order valence-corrected chi connectivity index (χ4v) is 5.07. The van der Waals surface area contributed by atoms with Crippen molar-refractivity contribution in [2.24, 2.45) is 5.92 Å². The van der Waals surface area contributed by atoms with Gasteiger partial charge in [0.15, 0.2) is 6.61 Å². The van der Waals surface area contributed by atoms with Gasteiger partial charge in [-0.3, -0.25) is 9.78 Å². The summed E-state index contributed by atoms with van der Waals surface area (Å²) in [5.41, 5.74) is 0.604. The quantitative estimate of drug-likeness (QED) is 0.435. The molecule has 4 rings (SSSR count). The van der Waals surface area contributed by atoms with Gasteiger partial charge in [-0.05, 0) is 37.1 Å². The van der Waals surface area contributed by atoms with Gasteiger partial charge in [0.1, 0.15) is 16.4 Å². The van der Waals surface area contributed by atoms with E-state index in [-0.39, 0.29) is 30.5 Å². The summed E-state index contributed by atoms with van der Waals surface area (Å²) < 4.78 is 47.9. The summed E-state index contributed by atoms with van der Waals surface area (Å²) in [4.78, 5) is 20.8. The molecule has 11 nitrogen and oxygen atoms in total. The first-order valence-electron chi connectivity index (χ1n) is 10.5. The van der Waals surface area contributed by atoms with Crippen molar-refractivity contribution in [3.8, 4) is 22.9 Å². The zero-order valence-corrected chi connectivity index (χ0v) is 19.5. The standard InChI is InChI=1S/C22H24N4O7S/c1-30-16-5-6-18(19(12-16)31-2)21-24-20(33-25-21)14-32-22(27)15-7-10-26(11-8-15)34(28,29)17-4-3-9-23-13-17/h3-6,9,12-13,15H,7-8,10-11,14H2,1-2H3. The molecule has 0 amide bonds. The van der Waals surface area contributed by atoms with Crippen LogP contribution in [0.25, 0.3) is 11.4 Å². The Morgan fingerprint density at radius 3 is 2.65 bits per heavy atom. The van der Waals surface area contributed by atoms with Crippen LogP contribution >= 0.6 is 0 Å². The van der Waals surface area contributed by atoms with Crippen LogP contribution in [0.2, 0.25) is 0 Å². The molecule has 0 atom stereocenters. The van der Waals surface area contributed by atoms with Gasteiger partial charge >= 0.3 is 5.97 Å². The number of rotatable bonds is 8. The highest BCUT2D eigenvalue weighted by Crippen LogP contribution is 2.31. The van der Waals surface area contributed by atoms with Crippen LogP contribution in [0.1, 0.15) is 18.7 Å². The molecule has 2 aromatic heterocycles. The number of sulfonamides is 1. The number of ether oxygens (including phenoxy) is 3. The Bertz CT molecular complexity index is 1240. The number of esters is 1. The van der Waals surface area contributed by atoms with E-state index in [1.165, 1.54) is 29.9 Å². The van der Waals surface area contributed by atoms with Crippen LogP contribution in [-0.4, -0.2) is 61.1 Å². The minimum atomic E-state index is -3.63. The topological polar surface area (TPSA) is 134 Å². The summed E-state index contributed by atoms with van der Waals surface area (Å²) in [6.07, 6.45) is 3.55. The predicted molar refractivity (Wildman–Crippen MR) is 118 cm³/mol. The van der Waals surface area contributed by atoms with E-state index >= 15 is 0 Å². The first-order chi connectivity index (χ1) is 16.4. The lowest BCUT2D eigenvalue weighted by Crippen LogP contribution is -2.40. The second kappa shape index (κ2) is 10.2. The summed E-state index contributed by atoms with van der Waals surface area (Å²) >= 11 is 0. The molecule has 0 spiro atoms. The van der Waals surface area contributed by atoms with Crippen LogP contribution in [0.3, 0.4) is 0 Å². The zero-order chi connectivity index (χ0) is 24.1. The molecule has 0 saturated carbocycles. The zero-order valence-electron chi connectivity index (χ0n) is 18.7. The third kappa shape index (κ3) is 5.02. The molecule has 0 bridgehead atoms. The fraction of sp³-hybridized carbons (Fsp3) is 0.364. The van der Waals surface area contributed by atoms with E-state index in [9.17, 15) is 13.2 Å². The number of piperidine rings is 1. The van der Waals surface area contributed by atoms with Crippen LogP contribution in [-0.2, 0) is 26.2 Å². The number of pyridine rings is 1. The summed E-state index contributed by atoms with van der Waals surface area (Å²) in [7, 11) is -0.556. The predicted octanol–water partition coefficient (Wildman–Crippen LogP) is 2.29. The van der Waals surface area contributed by atoms with Gasteiger partial charge < -0.3 is 18.7 Å². The Labute approximate surface area is 196 Å². The highest BCUT2D eigenvalue weighted by Gasteiger charge is 2.33. The number of benzene rings is 1. The van der Waals surface area contributed by atoms with E-state index in [4.69, 9.17) is 18.7 Å². The fourth-order valence-electron chi connectivity index (χ4n) is 3.64. The van der Waals surface area contributed by atoms with Crippen LogP contribution in [0.15, 0.2) is 52.1 Å². The number of hydrogen-bond donors (Lipinski definition) is 0. The van der Waals surface area contributed by atoms with E-state index in [1.54, 1.807) is 31.4 Å². The molecule has 1 saturated heterocycles. The lowest BCUT2D eigenvalue weighted by Gasteiger charge is -2.29. The SMILES string of the molecule is COc1ccc(-c2noc(COC(=O)C3CCN(S(=O)(=O)c4cccnc4)CC3)n2)c(OC)c1. The molecule has 12 heteroatoms. The van der Waals surface area contributed by atoms with E-state index in [1.807, 2.05) is 0 Å². The normalized spacial score (nSPS) is 15.1. The first kappa shape index (κ1) is 23.6. The Hall–Kier alpha value is -3.51. The van der Waals surface area contributed by atoms with Crippen molar-refractivity contribution < 1.29 is 31.9 Å². The summed E-state index contributed by atoms with van der Waals surface area (Å²) in [5.74, 6) is 0.719. The summed E-state index contributed by atoms with van der Waals surface area (Å²) in [6, 6.07) is 8.26. The lowest BCUT2D eigenvalue weighted by atomic mass is 9.98. The highest BCUT2D eigenvalue weighted by atomic mass is 32.2. The highest BCUT2D eigenvalue weighted by molar-refractivity contribution is 7.89. The van der Waals surface area contributed by atoms with Gasteiger partial charge in [0.2, 0.25) is 15.8 Å². The van der Waals surface area contributed by atoms with E-state index in [0.717, 1.165) is 0 Å². The number of carbonyl (C=O) groups is 1. The number of methoxy groups -OCH3 is 2. The van der Waals surface area contributed by atoms with Gasteiger partial charge in [-0.25, -0.2) is 8.42 Å². The molecule has 0 unspecified atom stereocenters. The Kier molecular flexibility index (Phi) is 7.08. The number of carbonyl (C=O) groups excluding carboxylic acids is 1. The average Bonchev–Trinajstić information content (AvgIpc) is 3.36. The molecule has 34 heavy (non-hydrogen) atoms. The van der Waals surface area contributed by atoms with Crippen molar-refractivity contribution in [3.05, 3.63) is 48.6 Å². The molecule has 0 radical (unpaired) electrons. The molecule has 1 aliphatic rings. The lowest BCUT2D eigenvalue weighted by molar-refractivity contribution is -0.152. The minimum Gasteiger partial charge on any atom is -0.497 e. The maximum Gasteiger partial charge on any atom is 0.309 e. The van der Waals surface area contributed by atoms with Crippen molar-refractivity contribution in [1.29, 1.82) is 0 Å². The van der Waals surface area contributed by atoms with E-state index < -0.39 is 21.9 Å². The molecule has 1 aromatic carbocycles. The van der Waals surface area contributed by atoms with Crippen molar-refractivity contribution in [1.82, 2.24) is 19.4 Å². The first-order valence-corrected chi connectivity index (χ1v) is 12.0. The summed E-state index contributed by atoms with van der Waals surface area (Å²) in [6.45, 7) is 0.260. The number of hydrogen-bond acceptors (Lipinski definition) is 10. The van der Waals surface area contributed by atoms with Gasteiger partial charge in [0, 0.05) is 31.5 Å². The largest absolute Gasteiger partial charge is 0.497 e. The third-order valence-corrected chi connectivity index (χ3v) is 7.40. The minimum absolute atomic E-state index is 0.136. The molecule has 1 aliphatic heterocycles. The van der Waals surface area contributed by atoms with Gasteiger partial charge in [0.05, 0.1) is 25.7 Å². The molecule has 3 heterocycles. The van der Waals surface area contributed by atoms with Gasteiger partial charge in [-0.1, -0.05) is 5.16 Å². The molecule has 0 N–H and O–H groups in total. The Morgan fingerprint density at radius 1 is 1.18 bits per heavy atom. The van der Waals surface area contributed by atoms with Crippen molar-refractivity contribution in [2.45, 2.75) is 24.3 Å². The van der Waals surface area contributed by atoms with Crippen LogP contribution in [0, 0.1) is 5.92 Å². The molecule has 1 fully saturated rings. The maximum absolute atomic E-state index is 12.7. The molecule has 180 valence electrons. The van der Waals surface area contributed by atoms with Crippen LogP contribution in [0.4, 0.5) is 0 Å². The molecular weight excluding hydrogens is 464 g/mol. The number of aromatic nitrogens is 3. The number of nitrogens with zero attached hydrogens (tertiary/aromatic N) is 4. The molecule has 3 aromatic rings.